The number of anilines is 1. The minimum atomic E-state index is -3.80. The summed E-state index contributed by atoms with van der Waals surface area (Å²) in [6.45, 7) is 1.36. The molecule has 4 rings (SSSR count). The molecule has 0 aliphatic carbocycles. The number of nitrogens with zero attached hydrogens (tertiary/aromatic N) is 2. The van der Waals surface area contributed by atoms with Crippen LogP contribution in [-0.2, 0) is 21.3 Å². The first-order valence-electron chi connectivity index (χ1n) is 9.83. The highest BCUT2D eigenvalue weighted by atomic mass is 35.5. The number of halogens is 2. The van der Waals surface area contributed by atoms with E-state index >= 15 is 0 Å². The molecule has 1 aromatic heterocycles. The van der Waals surface area contributed by atoms with Crippen molar-refractivity contribution in [2.45, 2.75) is 11.4 Å². The van der Waals surface area contributed by atoms with Crippen LogP contribution in [-0.4, -0.2) is 44.9 Å². The lowest BCUT2D eigenvalue weighted by atomic mass is 10.1. The van der Waals surface area contributed by atoms with Gasteiger partial charge < -0.3 is 9.64 Å². The fourth-order valence-corrected chi connectivity index (χ4v) is 5.70. The first-order valence-corrected chi connectivity index (χ1v) is 12.5. The van der Waals surface area contributed by atoms with E-state index in [1.165, 1.54) is 63.0 Å². The molecule has 10 heteroatoms. The monoisotopic (exact) mass is 494 g/mol. The predicted molar refractivity (Wildman–Crippen MR) is 122 cm³/mol. The van der Waals surface area contributed by atoms with E-state index in [2.05, 4.69) is 0 Å². The molecule has 1 aliphatic rings. The molecule has 1 amide bonds. The second kappa shape index (κ2) is 9.68. The number of carbonyl (C=O) groups is 1. The number of benzene rings is 2. The summed E-state index contributed by atoms with van der Waals surface area (Å²) in [5.74, 6) is -0.900. The highest BCUT2D eigenvalue weighted by molar-refractivity contribution is 7.89. The van der Waals surface area contributed by atoms with E-state index in [1.807, 2.05) is 17.5 Å². The number of hydrogen-bond acceptors (Lipinski definition) is 5. The fourth-order valence-electron chi connectivity index (χ4n) is 3.37. The number of ether oxygens (including phenoxy) is 1. The Labute approximate surface area is 194 Å². The molecule has 0 spiro atoms. The van der Waals surface area contributed by atoms with Gasteiger partial charge in [0.25, 0.3) is 5.91 Å². The molecule has 32 heavy (non-hydrogen) atoms. The standard InChI is InChI=1S/C22H20ClFN2O4S2/c23-21-8-7-19(32(28,29)25-9-11-30-12-10-25)14-20(21)22(27)26(15-18-2-1-13-31-18)17-5-3-16(24)4-6-17/h1-8,13-14H,9-12,15H2. The third kappa shape index (κ3) is 4.87. The van der Waals surface area contributed by atoms with E-state index in [0.29, 0.717) is 18.9 Å². The van der Waals surface area contributed by atoms with Crippen LogP contribution < -0.4 is 4.90 Å². The van der Waals surface area contributed by atoms with Gasteiger partial charge in [-0.2, -0.15) is 4.31 Å². The van der Waals surface area contributed by atoms with Crippen LogP contribution in [0.2, 0.25) is 5.02 Å². The maximum atomic E-state index is 13.6. The molecule has 1 aliphatic heterocycles. The Balaban J connectivity index is 1.71. The highest BCUT2D eigenvalue weighted by Gasteiger charge is 2.29. The van der Waals surface area contributed by atoms with Crippen LogP contribution in [0, 0.1) is 5.82 Å². The zero-order chi connectivity index (χ0) is 22.7. The summed E-state index contributed by atoms with van der Waals surface area (Å²) < 4.78 is 46.2. The maximum Gasteiger partial charge on any atom is 0.260 e. The molecule has 0 N–H and O–H groups in total. The first-order chi connectivity index (χ1) is 15.4. The minimum Gasteiger partial charge on any atom is -0.379 e. The average molecular weight is 495 g/mol. The molecule has 168 valence electrons. The highest BCUT2D eigenvalue weighted by Crippen LogP contribution is 2.28. The third-order valence-electron chi connectivity index (χ3n) is 5.05. The van der Waals surface area contributed by atoms with Gasteiger partial charge in [-0.3, -0.25) is 4.79 Å². The van der Waals surface area contributed by atoms with Crippen LogP contribution in [0.15, 0.2) is 64.9 Å². The van der Waals surface area contributed by atoms with Crippen molar-refractivity contribution in [3.63, 3.8) is 0 Å². The quantitative estimate of drug-likeness (QED) is 0.509. The van der Waals surface area contributed by atoms with Gasteiger partial charge in [0.1, 0.15) is 5.82 Å². The Bertz CT molecular complexity index is 1200. The van der Waals surface area contributed by atoms with E-state index < -0.39 is 21.7 Å². The molecular formula is C22H20ClFN2O4S2. The SMILES string of the molecule is O=C(c1cc(S(=O)(=O)N2CCOCC2)ccc1Cl)N(Cc1cccs1)c1ccc(F)cc1. The van der Waals surface area contributed by atoms with E-state index in [0.717, 1.165) is 4.88 Å². The van der Waals surface area contributed by atoms with Crippen molar-refractivity contribution >= 4 is 44.6 Å². The lowest BCUT2D eigenvalue weighted by molar-refractivity contribution is 0.0730. The molecule has 0 atom stereocenters. The first kappa shape index (κ1) is 22.9. The molecule has 0 bridgehead atoms. The van der Waals surface area contributed by atoms with Crippen LogP contribution in [0.4, 0.5) is 10.1 Å². The van der Waals surface area contributed by atoms with Crippen molar-refractivity contribution in [3.8, 4) is 0 Å². The van der Waals surface area contributed by atoms with Crippen LogP contribution in [0.1, 0.15) is 15.2 Å². The Kier molecular flexibility index (Phi) is 6.92. The Morgan fingerprint density at radius 2 is 1.84 bits per heavy atom. The van der Waals surface area contributed by atoms with Crippen LogP contribution in [0.5, 0.6) is 0 Å². The van der Waals surface area contributed by atoms with Gasteiger partial charge in [0, 0.05) is 23.7 Å². The molecule has 2 aromatic carbocycles. The van der Waals surface area contributed by atoms with E-state index in [1.54, 1.807) is 0 Å². The molecule has 3 aromatic rings. The minimum absolute atomic E-state index is 0.0117. The predicted octanol–water partition coefficient (Wildman–Crippen LogP) is 4.41. The van der Waals surface area contributed by atoms with Crippen molar-refractivity contribution in [1.29, 1.82) is 0 Å². The number of rotatable bonds is 6. The van der Waals surface area contributed by atoms with Crippen molar-refractivity contribution in [3.05, 3.63) is 81.3 Å². The fraction of sp³-hybridized carbons (Fsp3) is 0.227. The van der Waals surface area contributed by atoms with Crippen LogP contribution in [0.3, 0.4) is 0 Å². The summed E-state index contributed by atoms with van der Waals surface area (Å²) in [6, 6.07) is 13.4. The second-order valence-electron chi connectivity index (χ2n) is 7.11. The summed E-state index contributed by atoms with van der Waals surface area (Å²) in [4.78, 5) is 15.9. The lowest BCUT2D eigenvalue weighted by Gasteiger charge is -2.27. The molecule has 1 fully saturated rings. The topological polar surface area (TPSA) is 66.9 Å². The normalized spacial score (nSPS) is 14.9. The van der Waals surface area contributed by atoms with Gasteiger partial charge in [-0.1, -0.05) is 17.7 Å². The molecule has 0 radical (unpaired) electrons. The maximum absolute atomic E-state index is 13.6. The Hall–Kier alpha value is -2.30. The molecule has 2 heterocycles. The third-order valence-corrected chi connectivity index (χ3v) is 8.14. The van der Waals surface area contributed by atoms with Crippen molar-refractivity contribution < 1.29 is 22.3 Å². The van der Waals surface area contributed by atoms with E-state index in [-0.39, 0.29) is 35.1 Å². The van der Waals surface area contributed by atoms with Gasteiger partial charge in [0.15, 0.2) is 0 Å². The van der Waals surface area contributed by atoms with Crippen molar-refractivity contribution in [2.24, 2.45) is 0 Å². The van der Waals surface area contributed by atoms with Gasteiger partial charge in [-0.05, 0) is 53.9 Å². The summed E-state index contributed by atoms with van der Waals surface area (Å²) in [5, 5.41) is 2.03. The zero-order valence-corrected chi connectivity index (χ0v) is 19.3. The number of sulfonamides is 1. The van der Waals surface area contributed by atoms with Gasteiger partial charge in [-0.25, -0.2) is 12.8 Å². The largest absolute Gasteiger partial charge is 0.379 e. The molecule has 6 nitrogen and oxygen atoms in total. The van der Waals surface area contributed by atoms with Gasteiger partial charge >= 0.3 is 0 Å². The van der Waals surface area contributed by atoms with Crippen molar-refractivity contribution in [1.82, 2.24) is 4.31 Å². The van der Waals surface area contributed by atoms with Crippen molar-refractivity contribution in [2.75, 3.05) is 31.2 Å². The Morgan fingerprint density at radius 3 is 2.50 bits per heavy atom. The number of thiophene rings is 1. The van der Waals surface area contributed by atoms with Gasteiger partial charge in [-0.15, -0.1) is 11.3 Å². The summed E-state index contributed by atoms with van der Waals surface area (Å²) >= 11 is 7.81. The van der Waals surface area contributed by atoms with Gasteiger partial charge in [0.05, 0.1) is 35.2 Å². The zero-order valence-electron chi connectivity index (χ0n) is 16.9. The lowest BCUT2D eigenvalue weighted by Crippen LogP contribution is -2.40. The summed E-state index contributed by atoms with van der Waals surface area (Å²) in [7, 11) is -3.80. The van der Waals surface area contributed by atoms with Crippen LogP contribution in [0.25, 0.3) is 0 Å². The molecule has 0 saturated carbocycles. The summed E-state index contributed by atoms with van der Waals surface area (Å²) in [6.07, 6.45) is 0. The van der Waals surface area contributed by atoms with E-state index in [9.17, 15) is 17.6 Å². The molecule has 1 saturated heterocycles. The second-order valence-corrected chi connectivity index (χ2v) is 10.5. The average Bonchev–Trinajstić information content (AvgIpc) is 3.32. The van der Waals surface area contributed by atoms with E-state index in [4.69, 9.17) is 16.3 Å². The molecule has 0 unspecified atom stereocenters. The number of carbonyl (C=O) groups excluding carboxylic acids is 1. The Morgan fingerprint density at radius 1 is 1.12 bits per heavy atom. The number of hydrogen-bond donors (Lipinski definition) is 0. The number of amides is 1. The van der Waals surface area contributed by atoms with Gasteiger partial charge in [0.2, 0.25) is 10.0 Å². The molecular weight excluding hydrogens is 475 g/mol. The smallest absolute Gasteiger partial charge is 0.260 e. The summed E-state index contributed by atoms with van der Waals surface area (Å²) in [5.41, 5.74) is 0.532. The number of morpholine rings is 1. The van der Waals surface area contributed by atoms with Crippen LogP contribution >= 0.6 is 22.9 Å².